The van der Waals surface area contributed by atoms with E-state index in [0.717, 1.165) is 18.2 Å². The van der Waals surface area contributed by atoms with E-state index in [2.05, 4.69) is 4.98 Å². The molecule has 0 amide bonds. The lowest BCUT2D eigenvalue weighted by Gasteiger charge is -2.20. The molecule has 2 unspecified atom stereocenters. The Morgan fingerprint density at radius 1 is 1.11 bits per heavy atom. The van der Waals surface area contributed by atoms with Gasteiger partial charge in [0.25, 0.3) is 0 Å². The molecule has 8 heteroatoms. The Labute approximate surface area is 167 Å². The van der Waals surface area contributed by atoms with Gasteiger partial charge in [-0.2, -0.15) is 0 Å². The number of carboxylic acids is 1. The van der Waals surface area contributed by atoms with Crippen LogP contribution in [-0.4, -0.2) is 20.3 Å². The molecule has 0 spiro atoms. The van der Waals surface area contributed by atoms with Gasteiger partial charge in [-0.1, -0.05) is 11.6 Å². The minimum Gasteiger partial charge on any atom is -0.477 e. The van der Waals surface area contributed by atoms with E-state index in [0.29, 0.717) is 21.0 Å². The molecule has 1 heterocycles. The summed E-state index contributed by atoms with van der Waals surface area (Å²) in [6, 6.07) is 10.4. The van der Waals surface area contributed by atoms with Gasteiger partial charge in [-0.3, -0.25) is 4.21 Å². The van der Waals surface area contributed by atoms with Gasteiger partial charge in [-0.15, -0.1) is 0 Å². The van der Waals surface area contributed by atoms with Gasteiger partial charge in [-0.25, -0.2) is 18.6 Å². The summed E-state index contributed by atoms with van der Waals surface area (Å²) in [6.45, 7) is 1.60. The number of hydrogen-bond acceptors (Lipinski definition) is 3. The van der Waals surface area contributed by atoms with Crippen LogP contribution in [0.15, 0.2) is 59.6 Å². The number of nitrogens with zero attached hydrogens (tertiary/aromatic N) is 1. The van der Waals surface area contributed by atoms with Crippen LogP contribution in [0.2, 0.25) is 5.02 Å². The van der Waals surface area contributed by atoms with Crippen LogP contribution in [-0.2, 0) is 10.8 Å². The van der Waals surface area contributed by atoms with Crippen LogP contribution in [0.3, 0.4) is 0 Å². The first-order valence-corrected chi connectivity index (χ1v) is 9.68. The van der Waals surface area contributed by atoms with Crippen molar-refractivity contribution in [3.8, 4) is 0 Å². The highest BCUT2D eigenvalue weighted by Crippen LogP contribution is 2.35. The molecule has 1 aromatic heterocycles. The Balaban J connectivity index is 2.20. The zero-order chi connectivity index (χ0) is 20.4. The summed E-state index contributed by atoms with van der Waals surface area (Å²) in [5.74, 6) is -2.63. The lowest BCUT2D eigenvalue weighted by molar-refractivity contribution is 0.0690. The second-order valence-electron chi connectivity index (χ2n) is 6.03. The number of hydrogen-bond donors (Lipinski definition) is 1. The monoisotopic (exact) mass is 421 g/mol. The summed E-state index contributed by atoms with van der Waals surface area (Å²) < 4.78 is 41.7. The van der Waals surface area contributed by atoms with E-state index in [1.165, 1.54) is 24.4 Å². The molecule has 1 N–H and O–H groups in total. The first-order valence-electron chi connectivity index (χ1n) is 8.09. The number of aromatic nitrogens is 1. The summed E-state index contributed by atoms with van der Waals surface area (Å²) in [4.78, 5) is 15.4. The van der Waals surface area contributed by atoms with Gasteiger partial charge in [0.15, 0.2) is 0 Å². The van der Waals surface area contributed by atoms with E-state index in [1.807, 2.05) is 0 Å². The van der Waals surface area contributed by atoms with Gasteiger partial charge >= 0.3 is 5.97 Å². The number of aryl methyl sites for hydroxylation is 1. The maximum Gasteiger partial charge on any atom is 0.354 e. The third-order valence-corrected chi connectivity index (χ3v) is 6.08. The van der Waals surface area contributed by atoms with Crippen LogP contribution >= 0.6 is 11.6 Å². The number of pyridine rings is 1. The van der Waals surface area contributed by atoms with Crippen molar-refractivity contribution in [2.45, 2.75) is 17.1 Å². The second kappa shape index (κ2) is 8.16. The topological polar surface area (TPSA) is 67.3 Å². The van der Waals surface area contributed by atoms with E-state index in [-0.39, 0.29) is 11.3 Å². The van der Waals surface area contributed by atoms with Gasteiger partial charge in [0.1, 0.15) is 17.3 Å². The molecule has 2 aromatic carbocycles. The van der Waals surface area contributed by atoms with Gasteiger partial charge in [-0.05, 0) is 66.6 Å². The standard InChI is InChI=1S/C20H14ClF2NO3S/c1-11-8-18(20(25)26)24-10-16(11)19(15-9-13(22)4-7-17(15)23)28(27)14-5-2-12(21)3-6-14/h2-10,19H,1H3,(H,25,26). The Kier molecular flexibility index (Phi) is 5.86. The number of rotatable bonds is 5. The summed E-state index contributed by atoms with van der Waals surface area (Å²) in [6.07, 6.45) is 1.24. The highest BCUT2D eigenvalue weighted by molar-refractivity contribution is 7.85. The zero-order valence-corrected chi connectivity index (χ0v) is 16.1. The van der Waals surface area contributed by atoms with Crippen LogP contribution in [0.4, 0.5) is 8.78 Å². The first-order chi connectivity index (χ1) is 13.3. The van der Waals surface area contributed by atoms with E-state index in [9.17, 15) is 17.8 Å². The van der Waals surface area contributed by atoms with Crippen molar-refractivity contribution in [2.75, 3.05) is 0 Å². The van der Waals surface area contributed by atoms with Crippen molar-refractivity contribution >= 4 is 28.4 Å². The number of benzene rings is 2. The van der Waals surface area contributed by atoms with E-state index in [4.69, 9.17) is 16.7 Å². The minimum atomic E-state index is -1.83. The predicted octanol–water partition coefficient (Wildman–Crippen LogP) is 4.92. The first kappa shape index (κ1) is 20.1. The Morgan fingerprint density at radius 2 is 1.79 bits per heavy atom. The predicted molar refractivity (Wildman–Crippen MR) is 102 cm³/mol. The summed E-state index contributed by atoms with van der Waals surface area (Å²) in [7, 11) is -1.83. The molecule has 0 bridgehead atoms. The van der Waals surface area contributed by atoms with Crippen LogP contribution in [0, 0.1) is 18.6 Å². The molecule has 4 nitrogen and oxygen atoms in total. The summed E-state index contributed by atoms with van der Waals surface area (Å²) in [5.41, 5.74) is 0.476. The molecule has 0 aliphatic heterocycles. The molecule has 0 radical (unpaired) electrons. The van der Waals surface area contributed by atoms with Crippen LogP contribution in [0.5, 0.6) is 0 Å². The lowest BCUT2D eigenvalue weighted by atomic mass is 10.0. The number of aromatic carboxylic acids is 1. The van der Waals surface area contributed by atoms with Crippen LogP contribution in [0.25, 0.3) is 0 Å². The fourth-order valence-electron chi connectivity index (χ4n) is 2.78. The number of halogens is 3. The average Bonchev–Trinajstić information content (AvgIpc) is 2.66. The molecular weight excluding hydrogens is 408 g/mol. The van der Waals surface area contributed by atoms with Crippen molar-refractivity contribution in [3.63, 3.8) is 0 Å². The number of carbonyl (C=O) groups is 1. The van der Waals surface area contributed by atoms with Crippen LogP contribution in [0.1, 0.15) is 32.4 Å². The minimum absolute atomic E-state index is 0.110. The summed E-state index contributed by atoms with van der Waals surface area (Å²) >= 11 is 5.87. The zero-order valence-electron chi connectivity index (χ0n) is 14.5. The van der Waals surface area contributed by atoms with Gasteiger partial charge in [0.05, 0.1) is 16.0 Å². The van der Waals surface area contributed by atoms with E-state index in [1.54, 1.807) is 19.1 Å². The van der Waals surface area contributed by atoms with E-state index >= 15 is 0 Å². The molecule has 0 fully saturated rings. The summed E-state index contributed by atoms with van der Waals surface area (Å²) in [5, 5.41) is 8.46. The lowest BCUT2D eigenvalue weighted by Crippen LogP contribution is -2.14. The van der Waals surface area contributed by atoms with Gasteiger partial charge in [0.2, 0.25) is 0 Å². The maximum atomic E-state index is 14.5. The molecule has 2 atom stereocenters. The van der Waals surface area contributed by atoms with Crippen molar-refractivity contribution in [2.24, 2.45) is 0 Å². The SMILES string of the molecule is Cc1cc(C(=O)O)ncc1C(c1cc(F)ccc1F)S(=O)c1ccc(Cl)cc1. The maximum absolute atomic E-state index is 14.5. The molecular formula is C20H14ClF2NO3S. The Morgan fingerprint density at radius 3 is 2.39 bits per heavy atom. The Bertz CT molecular complexity index is 1070. The molecule has 3 rings (SSSR count). The van der Waals surface area contributed by atoms with Gasteiger partial charge < -0.3 is 5.11 Å². The second-order valence-corrected chi connectivity index (χ2v) is 8.00. The molecule has 0 aliphatic carbocycles. The quantitative estimate of drug-likeness (QED) is 0.635. The smallest absolute Gasteiger partial charge is 0.354 e. The van der Waals surface area contributed by atoms with Gasteiger partial charge in [0, 0.05) is 21.7 Å². The molecule has 28 heavy (non-hydrogen) atoms. The van der Waals surface area contributed by atoms with Crippen molar-refractivity contribution in [3.05, 3.63) is 93.8 Å². The van der Waals surface area contributed by atoms with Crippen molar-refractivity contribution < 1.29 is 22.9 Å². The van der Waals surface area contributed by atoms with E-state index < -0.39 is 33.7 Å². The highest BCUT2D eigenvalue weighted by atomic mass is 35.5. The molecule has 144 valence electrons. The fourth-order valence-corrected chi connectivity index (χ4v) is 4.47. The largest absolute Gasteiger partial charge is 0.477 e. The van der Waals surface area contributed by atoms with Crippen molar-refractivity contribution in [1.29, 1.82) is 0 Å². The molecule has 3 aromatic rings. The van der Waals surface area contributed by atoms with Crippen molar-refractivity contribution in [1.82, 2.24) is 4.98 Å². The number of carboxylic acid groups (broad SMARTS) is 1. The van der Waals surface area contributed by atoms with Crippen LogP contribution < -0.4 is 0 Å². The third kappa shape index (κ3) is 4.10. The fraction of sp³-hybridized carbons (Fsp3) is 0.100. The highest BCUT2D eigenvalue weighted by Gasteiger charge is 2.28. The molecule has 0 aliphatic rings. The molecule has 0 saturated carbocycles. The third-order valence-electron chi connectivity index (χ3n) is 4.15. The normalized spacial score (nSPS) is 13.1. The Hall–Kier alpha value is -2.64. The molecule has 0 saturated heterocycles. The average molecular weight is 422 g/mol.